The molecule has 0 nitrogen and oxygen atoms in total. The molecule has 0 aliphatic heterocycles. The van der Waals surface area contributed by atoms with Gasteiger partial charge < -0.3 is 0 Å². The summed E-state index contributed by atoms with van der Waals surface area (Å²) >= 11 is 0.595. The molecule has 0 heterocycles. The molecule has 0 aliphatic carbocycles. The molecule has 0 atom stereocenters. The van der Waals surface area contributed by atoms with Gasteiger partial charge in [0.15, 0.2) is 0 Å². The van der Waals surface area contributed by atoms with Gasteiger partial charge in [0, 0.05) is 0 Å². The molecule has 0 aromatic rings. The van der Waals surface area contributed by atoms with Gasteiger partial charge in [0.25, 0.3) is 0 Å². The number of hydrogen-bond donors (Lipinski definition) is 0. The van der Waals surface area contributed by atoms with Gasteiger partial charge in [0.2, 0.25) is 0 Å². The van der Waals surface area contributed by atoms with Crippen molar-refractivity contribution in [3.63, 3.8) is 0 Å². The van der Waals surface area contributed by atoms with Crippen molar-refractivity contribution >= 4 is 32.0 Å². The Balaban J connectivity index is 3.58. The second-order valence-electron chi connectivity index (χ2n) is 3.01. The van der Waals surface area contributed by atoms with Gasteiger partial charge in [-0.25, -0.2) is 0 Å². The Morgan fingerprint density at radius 2 is 1.00 bits per heavy atom. The van der Waals surface area contributed by atoms with Crippen molar-refractivity contribution < 1.29 is 0 Å². The molecular formula is C8H22Si2Te+. The molecule has 0 spiro atoms. The standard InChI is InChI=1S/C8H22Si2Te/c1-5-9(6-2)11-10(7-3)8-4/h9-10H,5-8H2,1-4H3/q+1. The molecule has 0 rings (SSSR count). The summed E-state index contributed by atoms with van der Waals surface area (Å²) in [6.07, 6.45) is -0.187. The molecule has 0 unspecified atom stereocenters. The first kappa shape index (κ1) is 12.2. The fraction of sp³-hybridized carbons (Fsp3) is 1.00. The van der Waals surface area contributed by atoms with Gasteiger partial charge in [-0.1, -0.05) is 0 Å². The molecule has 3 heteroatoms. The molecular weight excluding hydrogens is 280 g/mol. The normalized spacial score (nSPS) is 11.5. The quantitative estimate of drug-likeness (QED) is 0.660. The molecule has 0 aliphatic rings. The Labute approximate surface area is 83.6 Å². The van der Waals surface area contributed by atoms with Crippen molar-refractivity contribution in [2.75, 3.05) is 0 Å². The van der Waals surface area contributed by atoms with Gasteiger partial charge in [0.1, 0.15) is 0 Å². The van der Waals surface area contributed by atoms with E-state index in [1.165, 1.54) is 0 Å². The van der Waals surface area contributed by atoms with Crippen molar-refractivity contribution in [1.82, 2.24) is 0 Å². The summed E-state index contributed by atoms with van der Waals surface area (Å²) in [6, 6.07) is 6.40. The van der Waals surface area contributed by atoms with Crippen LogP contribution < -0.4 is 0 Å². The molecule has 0 saturated carbocycles. The number of hydrogen-bond acceptors (Lipinski definition) is 0. The van der Waals surface area contributed by atoms with Crippen molar-refractivity contribution in [1.29, 1.82) is 0 Å². The van der Waals surface area contributed by atoms with Crippen LogP contribution in [0.15, 0.2) is 0 Å². The van der Waals surface area contributed by atoms with E-state index in [1.807, 2.05) is 0 Å². The SMILES string of the molecule is CC[SiH](CC)[Te+][SiH](CC)CC. The van der Waals surface area contributed by atoms with Gasteiger partial charge in [-0.3, -0.25) is 0 Å². The monoisotopic (exact) mass is 304 g/mol. The van der Waals surface area contributed by atoms with E-state index < -0.39 is 0 Å². The Hall–Kier alpha value is 1.22. The van der Waals surface area contributed by atoms with Gasteiger partial charge in [-0.2, -0.15) is 0 Å². The Bertz CT molecular complexity index is 70.2. The molecule has 0 bridgehead atoms. The molecule has 0 N–H and O–H groups in total. The average molecular weight is 302 g/mol. The van der Waals surface area contributed by atoms with Crippen LogP contribution in [0.25, 0.3) is 0 Å². The Kier molecular flexibility index (Phi) is 8.72. The van der Waals surface area contributed by atoms with E-state index in [4.69, 9.17) is 0 Å². The summed E-state index contributed by atoms with van der Waals surface area (Å²) in [5.74, 6) is 0. The van der Waals surface area contributed by atoms with Crippen LogP contribution in [0, 0.1) is 0 Å². The zero-order chi connectivity index (χ0) is 8.69. The number of rotatable bonds is 6. The van der Waals surface area contributed by atoms with Crippen LogP contribution in [0.1, 0.15) is 27.7 Å². The molecule has 0 fully saturated rings. The maximum atomic E-state index is 2.43. The van der Waals surface area contributed by atoms with Gasteiger partial charge in [-0.05, 0) is 0 Å². The molecule has 0 amide bonds. The Morgan fingerprint density at radius 1 is 0.727 bits per heavy atom. The molecule has 11 heavy (non-hydrogen) atoms. The first-order valence-corrected chi connectivity index (χ1v) is 17.2. The van der Waals surface area contributed by atoms with Crippen LogP contribution in [0.5, 0.6) is 0 Å². The van der Waals surface area contributed by atoms with E-state index in [0.29, 0.717) is 19.3 Å². The molecule has 0 aromatic heterocycles. The topological polar surface area (TPSA) is 0 Å². The third-order valence-corrected chi connectivity index (χ3v) is 40.1. The summed E-state index contributed by atoms with van der Waals surface area (Å²) in [5, 5.41) is 0. The fourth-order valence-corrected chi connectivity index (χ4v) is 41.4. The van der Waals surface area contributed by atoms with Crippen LogP contribution in [0.3, 0.4) is 0 Å². The van der Waals surface area contributed by atoms with Gasteiger partial charge >= 0.3 is 83.9 Å². The first-order valence-electron chi connectivity index (χ1n) is 4.93. The van der Waals surface area contributed by atoms with Crippen LogP contribution in [-0.2, 0) is 0 Å². The van der Waals surface area contributed by atoms with E-state index in [2.05, 4.69) is 27.7 Å². The fourth-order valence-electron chi connectivity index (χ4n) is 1.23. The van der Waals surface area contributed by atoms with Crippen LogP contribution in [0.2, 0.25) is 24.2 Å². The van der Waals surface area contributed by atoms with Crippen LogP contribution >= 0.6 is 0 Å². The van der Waals surface area contributed by atoms with Gasteiger partial charge in [-0.15, -0.1) is 0 Å². The van der Waals surface area contributed by atoms with E-state index in [1.54, 1.807) is 24.2 Å². The van der Waals surface area contributed by atoms with E-state index in [9.17, 15) is 0 Å². The predicted molar refractivity (Wildman–Crippen MR) is 62.0 cm³/mol. The van der Waals surface area contributed by atoms with Crippen molar-refractivity contribution in [2.24, 2.45) is 0 Å². The van der Waals surface area contributed by atoms with Crippen molar-refractivity contribution in [3.05, 3.63) is 0 Å². The predicted octanol–water partition coefficient (Wildman–Crippen LogP) is 2.22. The minimum atomic E-state index is -0.0935. The van der Waals surface area contributed by atoms with E-state index in [-0.39, 0.29) is 12.7 Å². The molecule has 0 aromatic carbocycles. The third-order valence-electron chi connectivity index (χ3n) is 2.21. The third kappa shape index (κ3) is 5.46. The second kappa shape index (κ2) is 7.85. The summed E-state index contributed by atoms with van der Waals surface area (Å²) in [5.41, 5.74) is 0. The second-order valence-corrected chi connectivity index (χ2v) is 28.3. The maximum absolute atomic E-state index is 2.43. The zero-order valence-electron chi connectivity index (χ0n) is 8.39. The summed E-state index contributed by atoms with van der Waals surface area (Å²) in [4.78, 5) is 0. The van der Waals surface area contributed by atoms with Crippen molar-refractivity contribution in [3.8, 4) is 0 Å². The minimum absolute atomic E-state index is 0.0935. The van der Waals surface area contributed by atoms with Crippen LogP contribution in [0.4, 0.5) is 0 Å². The molecule has 0 saturated heterocycles. The van der Waals surface area contributed by atoms with Crippen molar-refractivity contribution in [2.45, 2.75) is 51.9 Å². The van der Waals surface area contributed by atoms with Crippen LogP contribution in [-0.4, -0.2) is 32.0 Å². The summed E-state index contributed by atoms with van der Waals surface area (Å²) < 4.78 is 0. The molecule has 1 radical (unpaired) electrons. The Morgan fingerprint density at radius 3 is 1.18 bits per heavy atom. The zero-order valence-corrected chi connectivity index (χ0v) is 13.0. The summed E-state index contributed by atoms with van der Waals surface area (Å²) in [7, 11) is 0. The summed E-state index contributed by atoms with van der Waals surface area (Å²) in [6.45, 7) is 9.73. The van der Waals surface area contributed by atoms with Gasteiger partial charge in [0.05, 0.1) is 0 Å². The average Bonchev–Trinajstić information content (AvgIpc) is 2.07. The van der Waals surface area contributed by atoms with E-state index in [0.717, 1.165) is 0 Å². The van der Waals surface area contributed by atoms with E-state index >= 15 is 0 Å². The molecule has 67 valence electrons. The first-order chi connectivity index (χ1) is 5.28.